The van der Waals surface area contributed by atoms with Crippen molar-refractivity contribution in [1.29, 1.82) is 0 Å². The summed E-state index contributed by atoms with van der Waals surface area (Å²) in [7, 11) is 0. The molecule has 0 spiro atoms. The van der Waals surface area contributed by atoms with Crippen LogP contribution in [0.15, 0.2) is 30.4 Å². The summed E-state index contributed by atoms with van der Waals surface area (Å²) >= 11 is 0. The van der Waals surface area contributed by atoms with Crippen LogP contribution in [0.4, 0.5) is 4.79 Å². The van der Waals surface area contributed by atoms with Crippen molar-refractivity contribution in [1.82, 2.24) is 5.32 Å². The summed E-state index contributed by atoms with van der Waals surface area (Å²) in [5, 5.41) is 23.2. The first-order valence-electron chi connectivity index (χ1n) is 14.8. The summed E-state index contributed by atoms with van der Waals surface area (Å²) < 4.78 is 16.6. The molecule has 9 heteroatoms. The Balaban J connectivity index is 3.29. The van der Waals surface area contributed by atoms with Crippen molar-refractivity contribution in [3.8, 4) is 5.75 Å². The number of benzene rings is 1. The Morgan fingerprint density at radius 1 is 1.02 bits per heavy atom. The van der Waals surface area contributed by atoms with Gasteiger partial charge in [0.2, 0.25) is 0 Å². The molecule has 0 radical (unpaired) electrons. The predicted molar refractivity (Wildman–Crippen MR) is 164 cm³/mol. The van der Waals surface area contributed by atoms with Crippen molar-refractivity contribution in [3.63, 3.8) is 0 Å². The molecule has 1 amide bonds. The summed E-state index contributed by atoms with van der Waals surface area (Å²) in [5.41, 5.74) is 1.25. The third kappa shape index (κ3) is 12.8. The van der Waals surface area contributed by atoms with Gasteiger partial charge >= 0.3 is 18.0 Å². The molecule has 0 saturated carbocycles. The molecule has 3 N–H and O–H groups in total. The van der Waals surface area contributed by atoms with E-state index in [4.69, 9.17) is 14.2 Å². The highest BCUT2D eigenvalue weighted by atomic mass is 16.6. The Bertz CT molecular complexity index is 1070. The zero-order chi connectivity index (χ0) is 32.4. The fraction of sp³-hybridized carbons (Fsp3) is 0.667. The van der Waals surface area contributed by atoms with E-state index in [1.807, 2.05) is 18.2 Å². The van der Waals surface area contributed by atoms with Gasteiger partial charge in [0.05, 0.1) is 30.2 Å². The lowest BCUT2D eigenvalue weighted by Crippen LogP contribution is -2.47. The van der Waals surface area contributed by atoms with Gasteiger partial charge in [-0.05, 0) is 81.4 Å². The molecule has 42 heavy (non-hydrogen) atoms. The maximum Gasteiger partial charge on any atom is 0.407 e. The Morgan fingerprint density at radius 2 is 1.64 bits per heavy atom. The Kier molecular flexibility index (Phi) is 14.0. The summed E-state index contributed by atoms with van der Waals surface area (Å²) in [6, 6.07) is 5.32. The van der Waals surface area contributed by atoms with E-state index in [1.54, 1.807) is 27.7 Å². The van der Waals surface area contributed by atoms with Crippen LogP contribution in [-0.2, 0) is 30.9 Å². The van der Waals surface area contributed by atoms with E-state index in [-0.39, 0.29) is 42.5 Å². The number of esters is 1. The maximum absolute atomic E-state index is 12.7. The van der Waals surface area contributed by atoms with E-state index < -0.39 is 41.7 Å². The first-order chi connectivity index (χ1) is 19.2. The molecule has 0 aliphatic rings. The van der Waals surface area contributed by atoms with Crippen LogP contribution in [0, 0.1) is 17.8 Å². The van der Waals surface area contributed by atoms with Gasteiger partial charge in [-0.15, -0.1) is 0 Å². The van der Waals surface area contributed by atoms with Crippen molar-refractivity contribution in [2.24, 2.45) is 17.8 Å². The zero-order valence-corrected chi connectivity index (χ0v) is 27.2. The number of carboxylic acids is 1. The highest BCUT2D eigenvalue weighted by molar-refractivity contribution is 5.88. The van der Waals surface area contributed by atoms with Gasteiger partial charge in [-0.25, -0.2) is 9.59 Å². The van der Waals surface area contributed by atoms with Crippen LogP contribution in [0.25, 0.3) is 0 Å². The summed E-state index contributed by atoms with van der Waals surface area (Å²) in [6.45, 7) is 23.0. The number of carbonyl (C=O) groups is 3. The molecule has 0 aliphatic carbocycles. The lowest BCUT2D eigenvalue weighted by molar-refractivity contribution is -0.142. The van der Waals surface area contributed by atoms with Gasteiger partial charge in [0, 0.05) is 0 Å². The van der Waals surface area contributed by atoms with E-state index in [0.717, 1.165) is 11.1 Å². The van der Waals surface area contributed by atoms with Crippen molar-refractivity contribution in [3.05, 3.63) is 41.5 Å². The molecule has 1 aromatic carbocycles. The Labute approximate surface area is 252 Å². The minimum Gasteiger partial charge on any atom is -0.488 e. The van der Waals surface area contributed by atoms with Gasteiger partial charge in [0.15, 0.2) is 0 Å². The molecule has 0 fully saturated rings. The third-order valence-electron chi connectivity index (χ3n) is 7.00. The number of alkyl carbamates (subject to hydrolysis) is 1. The van der Waals surface area contributed by atoms with E-state index in [0.29, 0.717) is 18.6 Å². The fourth-order valence-corrected chi connectivity index (χ4v) is 4.51. The first kappa shape index (κ1) is 37.0. The molecule has 0 aliphatic heterocycles. The Hall–Kier alpha value is -3.07. The molecule has 1 rings (SSSR count). The van der Waals surface area contributed by atoms with Crippen LogP contribution in [0.2, 0.25) is 0 Å². The van der Waals surface area contributed by atoms with Crippen molar-refractivity contribution >= 4 is 18.0 Å². The lowest BCUT2D eigenvalue weighted by atomic mass is 9.80. The molecule has 1 unspecified atom stereocenters. The number of carboxylic acid groups (broad SMARTS) is 1. The number of aliphatic carboxylic acids is 1. The van der Waals surface area contributed by atoms with E-state index in [2.05, 4.69) is 46.5 Å². The number of rotatable bonds is 15. The number of ether oxygens (including phenoxy) is 3. The molecule has 0 aromatic heterocycles. The van der Waals surface area contributed by atoms with E-state index in [1.165, 1.54) is 6.92 Å². The fourth-order valence-electron chi connectivity index (χ4n) is 4.51. The van der Waals surface area contributed by atoms with Crippen LogP contribution in [0.5, 0.6) is 5.75 Å². The molecule has 238 valence electrons. The molecule has 9 nitrogen and oxygen atoms in total. The van der Waals surface area contributed by atoms with Crippen LogP contribution in [0.3, 0.4) is 0 Å². The predicted octanol–water partition coefficient (Wildman–Crippen LogP) is 6.05. The Morgan fingerprint density at radius 3 is 2.14 bits per heavy atom. The SMILES string of the molecule is C=C(COc1cc(C[C@@H](C[C@H](NC(=O)OC(C)(C)C)[C@@H](O)CC(C)C(=O)O)C(C)C)ccc1C(C)(C)C)C(=O)OCC. The lowest BCUT2D eigenvalue weighted by Gasteiger charge is -2.32. The number of aliphatic hydroxyl groups excluding tert-OH is 1. The van der Waals surface area contributed by atoms with Crippen LogP contribution < -0.4 is 10.1 Å². The van der Waals surface area contributed by atoms with Gasteiger partial charge in [-0.2, -0.15) is 0 Å². The summed E-state index contributed by atoms with van der Waals surface area (Å²) in [5.74, 6) is -1.45. The summed E-state index contributed by atoms with van der Waals surface area (Å²) in [4.78, 5) is 36.2. The average molecular weight is 592 g/mol. The molecular weight excluding hydrogens is 538 g/mol. The standard InChI is InChI=1S/C33H53NO8/c1-12-40-30(38)22(5)19-41-28-17-23(13-14-25(28)32(6,7)8)16-24(20(2)3)18-26(27(35)15-21(4)29(36)37)34-31(39)42-33(9,10)11/h13-14,17,20-21,24,26-27,35H,5,12,15-16,18-19H2,1-4,6-11H3,(H,34,39)(H,36,37)/t21?,24-,26-,27-/m0/s1. The molecule has 0 saturated heterocycles. The van der Waals surface area contributed by atoms with Crippen LogP contribution in [-0.4, -0.2) is 59.2 Å². The molecule has 4 atom stereocenters. The highest BCUT2D eigenvalue weighted by Gasteiger charge is 2.31. The van der Waals surface area contributed by atoms with E-state index >= 15 is 0 Å². The number of hydrogen-bond acceptors (Lipinski definition) is 7. The first-order valence-corrected chi connectivity index (χ1v) is 14.8. The second kappa shape index (κ2) is 16.0. The molecular formula is C33H53NO8. The average Bonchev–Trinajstić information content (AvgIpc) is 2.84. The largest absolute Gasteiger partial charge is 0.488 e. The number of aliphatic hydroxyl groups is 1. The number of amides is 1. The molecule has 0 heterocycles. The second-order valence-corrected chi connectivity index (χ2v) is 13.4. The van der Waals surface area contributed by atoms with E-state index in [9.17, 15) is 24.6 Å². The van der Waals surface area contributed by atoms with Gasteiger partial charge < -0.3 is 29.7 Å². The normalized spacial score (nSPS) is 14.9. The minimum absolute atomic E-state index is 0.00515. The van der Waals surface area contributed by atoms with Crippen molar-refractivity contribution < 1.29 is 38.8 Å². The quantitative estimate of drug-likeness (QED) is 0.166. The van der Waals surface area contributed by atoms with Crippen molar-refractivity contribution in [2.45, 2.75) is 112 Å². The van der Waals surface area contributed by atoms with Crippen LogP contribution >= 0.6 is 0 Å². The minimum atomic E-state index is -1.08. The van der Waals surface area contributed by atoms with Crippen LogP contribution in [0.1, 0.15) is 93.2 Å². The van der Waals surface area contributed by atoms with Crippen molar-refractivity contribution in [2.75, 3.05) is 13.2 Å². The van der Waals surface area contributed by atoms with Gasteiger partial charge in [-0.1, -0.05) is 60.3 Å². The topological polar surface area (TPSA) is 131 Å². The third-order valence-corrected chi connectivity index (χ3v) is 7.00. The number of nitrogens with one attached hydrogen (secondary N) is 1. The highest BCUT2D eigenvalue weighted by Crippen LogP contribution is 2.34. The monoisotopic (exact) mass is 591 g/mol. The van der Waals surface area contributed by atoms with Gasteiger partial charge in [0.25, 0.3) is 0 Å². The van der Waals surface area contributed by atoms with Gasteiger partial charge in [-0.3, -0.25) is 4.79 Å². The maximum atomic E-state index is 12.7. The smallest absolute Gasteiger partial charge is 0.407 e. The summed E-state index contributed by atoms with van der Waals surface area (Å²) in [6.07, 6.45) is -0.736. The second-order valence-electron chi connectivity index (χ2n) is 13.4. The molecule has 0 bridgehead atoms. The van der Waals surface area contributed by atoms with Gasteiger partial charge in [0.1, 0.15) is 18.0 Å². The number of carbonyl (C=O) groups excluding carboxylic acids is 2. The molecule has 1 aromatic rings. The number of hydrogen-bond donors (Lipinski definition) is 3. The zero-order valence-electron chi connectivity index (χ0n) is 27.2.